The van der Waals surface area contributed by atoms with Crippen LogP contribution in [-0.4, -0.2) is 0 Å². The van der Waals surface area contributed by atoms with E-state index in [0.717, 1.165) is 18.8 Å². The molecule has 0 bridgehead atoms. The van der Waals surface area contributed by atoms with Crippen molar-refractivity contribution in [3.63, 3.8) is 0 Å². The molecule has 1 fully saturated rings. The summed E-state index contributed by atoms with van der Waals surface area (Å²) in [7, 11) is 0. The lowest BCUT2D eigenvalue weighted by atomic mass is 10.0. The second-order valence-corrected chi connectivity index (χ2v) is 2.91. The van der Waals surface area contributed by atoms with E-state index in [4.69, 9.17) is 5.26 Å². The van der Waals surface area contributed by atoms with E-state index in [2.05, 4.69) is 13.0 Å². The van der Waals surface area contributed by atoms with Gasteiger partial charge in [0.25, 0.3) is 0 Å². The summed E-state index contributed by atoms with van der Waals surface area (Å²) in [5.74, 6) is 1.24. The zero-order valence-electron chi connectivity index (χ0n) is 5.93. The first-order valence-corrected chi connectivity index (χ1v) is 3.76. The van der Waals surface area contributed by atoms with Crippen molar-refractivity contribution in [1.29, 1.82) is 5.26 Å². The molecule has 0 aliphatic heterocycles. The second kappa shape index (κ2) is 2.87. The largest absolute Gasteiger partial charge is 0.198 e. The highest BCUT2D eigenvalue weighted by Crippen LogP contribution is 2.31. The van der Waals surface area contributed by atoms with Crippen molar-refractivity contribution in [3.05, 3.63) is 0 Å². The first-order valence-electron chi connectivity index (χ1n) is 3.76. The van der Waals surface area contributed by atoms with Gasteiger partial charge in [0.05, 0.1) is 6.07 Å². The number of nitriles is 1. The summed E-state index contributed by atoms with van der Waals surface area (Å²) in [6, 6.07) is 2.33. The zero-order valence-corrected chi connectivity index (χ0v) is 5.93. The Hall–Kier alpha value is -0.510. The summed E-state index contributed by atoms with van der Waals surface area (Å²) in [6.07, 6.45) is 4.86. The van der Waals surface area contributed by atoms with Gasteiger partial charge in [0.15, 0.2) is 0 Å². The quantitative estimate of drug-likeness (QED) is 0.525. The van der Waals surface area contributed by atoms with Gasteiger partial charge in [-0.1, -0.05) is 13.3 Å². The third-order valence-corrected chi connectivity index (χ3v) is 2.30. The molecule has 0 aromatic heterocycles. The molecule has 0 saturated heterocycles. The monoisotopic (exact) mass is 123 g/mol. The van der Waals surface area contributed by atoms with Crippen molar-refractivity contribution in [2.75, 3.05) is 0 Å². The van der Waals surface area contributed by atoms with Crippen LogP contribution in [0.4, 0.5) is 0 Å². The highest BCUT2D eigenvalue weighted by atomic mass is 14.3. The first kappa shape index (κ1) is 6.61. The standard InChI is InChI=1S/C8H13N/c1-2-7-3-4-8(5-7)6-9/h7-8H,2-5H2,1H3/t7-,8+/m1/s1. The van der Waals surface area contributed by atoms with Crippen LogP contribution in [0.3, 0.4) is 0 Å². The summed E-state index contributed by atoms with van der Waals surface area (Å²) < 4.78 is 0. The van der Waals surface area contributed by atoms with Gasteiger partial charge in [-0.15, -0.1) is 0 Å². The Bertz CT molecular complexity index is 123. The van der Waals surface area contributed by atoms with Crippen molar-refractivity contribution < 1.29 is 0 Å². The molecule has 50 valence electrons. The van der Waals surface area contributed by atoms with Crippen molar-refractivity contribution in [2.45, 2.75) is 32.6 Å². The van der Waals surface area contributed by atoms with E-state index < -0.39 is 0 Å². The van der Waals surface area contributed by atoms with E-state index in [0.29, 0.717) is 5.92 Å². The van der Waals surface area contributed by atoms with Gasteiger partial charge in [-0.05, 0) is 25.2 Å². The smallest absolute Gasteiger partial charge is 0.0655 e. The van der Waals surface area contributed by atoms with Crippen molar-refractivity contribution in [2.24, 2.45) is 11.8 Å². The van der Waals surface area contributed by atoms with Crippen LogP contribution in [0.2, 0.25) is 0 Å². The van der Waals surface area contributed by atoms with E-state index in [1.54, 1.807) is 0 Å². The summed E-state index contributed by atoms with van der Waals surface area (Å²) in [4.78, 5) is 0. The predicted octanol–water partition coefficient (Wildman–Crippen LogP) is 2.34. The molecule has 1 rings (SSSR count). The minimum Gasteiger partial charge on any atom is -0.198 e. The SMILES string of the molecule is CC[C@@H]1CC[C@H](C#N)C1. The van der Waals surface area contributed by atoms with Crippen LogP contribution in [0.15, 0.2) is 0 Å². The minimum absolute atomic E-state index is 0.384. The number of rotatable bonds is 1. The first-order chi connectivity index (χ1) is 4.36. The van der Waals surface area contributed by atoms with Gasteiger partial charge in [0.1, 0.15) is 0 Å². The van der Waals surface area contributed by atoms with Crippen LogP contribution in [-0.2, 0) is 0 Å². The second-order valence-electron chi connectivity index (χ2n) is 2.91. The lowest BCUT2D eigenvalue weighted by Crippen LogP contribution is -1.91. The summed E-state index contributed by atoms with van der Waals surface area (Å²) in [6.45, 7) is 2.21. The molecule has 0 aromatic carbocycles. The van der Waals surface area contributed by atoms with Gasteiger partial charge in [-0.25, -0.2) is 0 Å². The van der Waals surface area contributed by atoms with Crippen LogP contribution in [0.25, 0.3) is 0 Å². The van der Waals surface area contributed by atoms with E-state index in [1.807, 2.05) is 0 Å². The Morgan fingerprint density at radius 3 is 2.67 bits per heavy atom. The van der Waals surface area contributed by atoms with Crippen LogP contribution in [0, 0.1) is 23.2 Å². The molecule has 1 nitrogen and oxygen atoms in total. The molecule has 1 heteroatoms. The van der Waals surface area contributed by atoms with Crippen LogP contribution in [0.5, 0.6) is 0 Å². The normalized spacial score (nSPS) is 34.2. The Balaban J connectivity index is 2.31. The van der Waals surface area contributed by atoms with Crippen molar-refractivity contribution >= 4 is 0 Å². The lowest BCUT2D eigenvalue weighted by molar-refractivity contribution is 0.517. The summed E-state index contributed by atoms with van der Waals surface area (Å²) in [5.41, 5.74) is 0. The van der Waals surface area contributed by atoms with Crippen molar-refractivity contribution in [1.82, 2.24) is 0 Å². The van der Waals surface area contributed by atoms with E-state index in [-0.39, 0.29) is 0 Å². The van der Waals surface area contributed by atoms with Gasteiger partial charge in [0, 0.05) is 5.92 Å². The third-order valence-electron chi connectivity index (χ3n) is 2.30. The highest BCUT2D eigenvalue weighted by Gasteiger charge is 2.22. The topological polar surface area (TPSA) is 23.8 Å². The third kappa shape index (κ3) is 1.45. The highest BCUT2D eigenvalue weighted by molar-refractivity contribution is 4.89. The molecule has 2 atom stereocenters. The number of hydrogen-bond acceptors (Lipinski definition) is 1. The molecule has 0 spiro atoms. The zero-order chi connectivity index (χ0) is 6.69. The van der Waals surface area contributed by atoms with Gasteiger partial charge in [0.2, 0.25) is 0 Å². The van der Waals surface area contributed by atoms with E-state index in [9.17, 15) is 0 Å². The maximum Gasteiger partial charge on any atom is 0.0655 e. The Morgan fingerprint density at radius 2 is 2.33 bits per heavy atom. The summed E-state index contributed by atoms with van der Waals surface area (Å²) >= 11 is 0. The number of nitrogens with zero attached hydrogens (tertiary/aromatic N) is 1. The molecule has 1 saturated carbocycles. The fourth-order valence-corrected chi connectivity index (χ4v) is 1.56. The molecular weight excluding hydrogens is 110 g/mol. The van der Waals surface area contributed by atoms with Gasteiger partial charge in [-0.2, -0.15) is 5.26 Å². The molecule has 9 heavy (non-hydrogen) atoms. The fraction of sp³-hybridized carbons (Fsp3) is 0.875. The van der Waals surface area contributed by atoms with Crippen LogP contribution in [0.1, 0.15) is 32.6 Å². The summed E-state index contributed by atoms with van der Waals surface area (Å²) in [5, 5.41) is 8.53. The van der Waals surface area contributed by atoms with Crippen LogP contribution >= 0.6 is 0 Å². The van der Waals surface area contributed by atoms with Gasteiger partial charge in [-0.3, -0.25) is 0 Å². The van der Waals surface area contributed by atoms with E-state index >= 15 is 0 Å². The minimum atomic E-state index is 0.384. The lowest BCUT2D eigenvalue weighted by Gasteiger charge is -2.01. The Morgan fingerprint density at radius 1 is 1.56 bits per heavy atom. The molecule has 1 aliphatic rings. The average molecular weight is 123 g/mol. The fourth-order valence-electron chi connectivity index (χ4n) is 1.56. The van der Waals surface area contributed by atoms with E-state index in [1.165, 1.54) is 12.8 Å². The maximum absolute atomic E-state index is 8.53. The predicted molar refractivity (Wildman–Crippen MR) is 36.7 cm³/mol. The molecule has 1 aliphatic carbocycles. The van der Waals surface area contributed by atoms with Gasteiger partial charge < -0.3 is 0 Å². The molecular formula is C8H13N. The molecule has 0 aromatic rings. The molecule has 0 N–H and O–H groups in total. The Kier molecular flexibility index (Phi) is 2.10. The average Bonchev–Trinajstić information content (AvgIpc) is 2.34. The maximum atomic E-state index is 8.53. The molecule has 0 unspecified atom stereocenters. The molecule has 0 radical (unpaired) electrons. The molecule has 0 amide bonds. The van der Waals surface area contributed by atoms with Crippen LogP contribution < -0.4 is 0 Å². The Labute approximate surface area is 56.7 Å². The number of hydrogen-bond donors (Lipinski definition) is 0. The van der Waals surface area contributed by atoms with Gasteiger partial charge >= 0.3 is 0 Å². The van der Waals surface area contributed by atoms with Crippen molar-refractivity contribution in [3.8, 4) is 6.07 Å². The molecule has 0 heterocycles.